The van der Waals surface area contributed by atoms with E-state index < -0.39 is 0 Å². The lowest BCUT2D eigenvalue weighted by Gasteiger charge is -2.18. The van der Waals surface area contributed by atoms with Gasteiger partial charge in [-0.1, -0.05) is 36.7 Å². The van der Waals surface area contributed by atoms with E-state index in [1.165, 1.54) is 0 Å². The molecule has 0 aliphatic carbocycles. The molecule has 20 heavy (non-hydrogen) atoms. The lowest BCUT2D eigenvalue weighted by atomic mass is 10.2. The molecule has 0 bridgehead atoms. The number of likely N-dealkylation sites (N-methyl/N-ethyl adjacent to an activating group) is 1. The van der Waals surface area contributed by atoms with Crippen LogP contribution in [0.4, 0.5) is 0 Å². The summed E-state index contributed by atoms with van der Waals surface area (Å²) in [4.78, 5) is 2.14. The maximum Gasteiger partial charge on any atom is 0.137 e. The fourth-order valence-corrected chi connectivity index (χ4v) is 2.50. The van der Waals surface area contributed by atoms with E-state index in [0.717, 1.165) is 23.5 Å². The molecule has 2 rings (SSSR count). The molecule has 108 valence electrons. The van der Waals surface area contributed by atoms with Gasteiger partial charge in [0.25, 0.3) is 0 Å². The Morgan fingerprint density at radius 3 is 2.60 bits per heavy atom. The smallest absolute Gasteiger partial charge is 0.137 e. The Kier molecular flexibility index (Phi) is 5.17. The minimum absolute atomic E-state index is 0.150. The van der Waals surface area contributed by atoms with Crippen LogP contribution in [0.2, 0.25) is 5.15 Å². The van der Waals surface area contributed by atoms with Crippen molar-refractivity contribution in [3.63, 3.8) is 0 Å². The van der Waals surface area contributed by atoms with Crippen molar-refractivity contribution in [2.45, 2.75) is 20.4 Å². The van der Waals surface area contributed by atoms with E-state index >= 15 is 0 Å². The molecule has 0 amide bonds. The SMILES string of the molecule is CCN(CCO)Cc1c(C)nn(-c2ccccc2)c1Cl. The van der Waals surface area contributed by atoms with Gasteiger partial charge in [-0.05, 0) is 25.6 Å². The Morgan fingerprint density at radius 2 is 2.00 bits per heavy atom. The van der Waals surface area contributed by atoms with E-state index in [9.17, 15) is 0 Å². The Morgan fingerprint density at radius 1 is 1.30 bits per heavy atom. The van der Waals surface area contributed by atoms with Gasteiger partial charge in [0.2, 0.25) is 0 Å². The molecule has 0 aliphatic rings. The van der Waals surface area contributed by atoms with Crippen LogP contribution in [0.1, 0.15) is 18.2 Å². The first kappa shape index (κ1) is 15.0. The van der Waals surface area contributed by atoms with E-state index in [4.69, 9.17) is 16.7 Å². The normalized spacial score (nSPS) is 11.2. The molecule has 0 saturated carbocycles. The molecule has 4 nitrogen and oxygen atoms in total. The summed E-state index contributed by atoms with van der Waals surface area (Å²) in [5, 5.41) is 14.2. The molecule has 0 saturated heterocycles. The van der Waals surface area contributed by atoms with E-state index in [1.807, 2.05) is 37.3 Å². The van der Waals surface area contributed by atoms with Gasteiger partial charge >= 0.3 is 0 Å². The fraction of sp³-hybridized carbons (Fsp3) is 0.400. The maximum absolute atomic E-state index is 9.07. The molecule has 1 heterocycles. The topological polar surface area (TPSA) is 41.3 Å². The van der Waals surface area contributed by atoms with Crippen molar-refractivity contribution in [1.82, 2.24) is 14.7 Å². The number of nitrogens with zero attached hydrogens (tertiary/aromatic N) is 3. The van der Waals surface area contributed by atoms with Gasteiger partial charge in [0.05, 0.1) is 18.0 Å². The molecule has 1 aromatic carbocycles. The van der Waals surface area contributed by atoms with Crippen LogP contribution in [-0.4, -0.2) is 39.5 Å². The van der Waals surface area contributed by atoms with Gasteiger partial charge in [0.15, 0.2) is 0 Å². The molecule has 2 aromatic rings. The molecule has 0 spiro atoms. The quantitative estimate of drug-likeness (QED) is 0.890. The summed E-state index contributed by atoms with van der Waals surface area (Å²) in [5.41, 5.74) is 2.90. The Balaban J connectivity index is 2.30. The van der Waals surface area contributed by atoms with E-state index in [2.05, 4.69) is 16.9 Å². The minimum Gasteiger partial charge on any atom is -0.395 e. The van der Waals surface area contributed by atoms with E-state index in [1.54, 1.807) is 4.68 Å². The van der Waals surface area contributed by atoms with Crippen molar-refractivity contribution < 1.29 is 5.11 Å². The molecule has 1 aromatic heterocycles. The highest BCUT2D eigenvalue weighted by atomic mass is 35.5. The van der Waals surface area contributed by atoms with Crippen LogP contribution in [0.5, 0.6) is 0 Å². The number of rotatable bonds is 6. The van der Waals surface area contributed by atoms with Gasteiger partial charge < -0.3 is 5.11 Å². The number of aryl methyl sites for hydroxylation is 1. The largest absolute Gasteiger partial charge is 0.395 e. The van der Waals surface area contributed by atoms with Crippen molar-refractivity contribution >= 4 is 11.6 Å². The summed E-state index contributed by atoms with van der Waals surface area (Å²) < 4.78 is 1.76. The number of halogens is 1. The van der Waals surface area contributed by atoms with Gasteiger partial charge in [-0.25, -0.2) is 4.68 Å². The molecule has 5 heteroatoms. The predicted molar refractivity (Wildman–Crippen MR) is 81.3 cm³/mol. The monoisotopic (exact) mass is 293 g/mol. The second kappa shape index (κ2) is 6.88. The summed E-state index contributed by atoms with van der Waals surface area (Å²) in [6.07, 6.45) is 0. The number of benzene rings is 1. The van der Waals surface area contributed by atoms with Crippen LogP contribution in [0.15, 0.2) is 30.3 Å². The van der Waals surface area contributed by atoms with Crippen molar-refractivity contribution in [2.24, 2.45) is 0 Å². The summed E-state index contributed by atoms with van der Waals surface area (Å²) >= 11 is 6.48. The summed E-state index contributed by atoms with van der Waals surface area (Å²) in [6, 6.07) is 9.86. The molecule has 0 atom stereocenters. The standard InChI is InChI=1S/C15H20ClN3O/c1-3-18(9-10-20)11-14-12(2)17-19(15(14)16)13-7-5-4-6-8-13/h4-8,20H,3,9-11H2,1-2H3. The first-order valence-electron chi connectivity index (χ1n) is 6.80. The molecule has 0 fully saturated rings. The van der Waals surface area contributed by atoms with Gasteiger partial charge in [0.1, 0.15) is 5.15 Å². The first-order chi connectivity index (χ1) is 9.67. The Bertz CT molecular complexity index is 554. The third kappa shape index (κ3) is 3.20. The molecule has 0 unspecified atom stereocenters. The second-order valence-electron chi connectivity index (χ2n) is 4.69. The van der Waals surface area contributed by atoms with Crippen LogP contribution in [0.25, 0.3) is 5.69 Å². The first-order valence-corrected chi connectivity index (χ1v) is 7.17. The fourth-order valence-electron chi connectivity index (χ4n) is 2.17. The zero-order valence-corrected chi connectivity index (χ0v) is 12.6. The molecular formula is C15H20ClN3O. The number of para-hydroxylation sites is 1. The predicted octanol–water partition coefficient (Wildman–Crippen LogP) is 2.65. The number of hydrogen-bond acceptors (Lipinski definition) is 3. The lowest BCUT2D eigenvalue weighted by Crippen LogP contribution is -2.26. The van der Waals surface area contributed by atoms with Gasteiger partial charge in [0, 0.05) is 18.7 Å². The molecule has 1 N–H and O–H groups in total. The van der Waals surface area contributed by atoms with Gasteiger partial charge in [-0.15, -0.1) is 0 Å². The summed E-state index contributed by atoms with van der Waals surface area (Å²) in [7, 11) is 0. The summed E-state index contributed by atoms with van der Waals surface area (Å²) in [6.45, 7) is 6.40. The molecular weight excluding hydrogens is 274 g/mol. The van der Waals surface area contributed by atoms with Crippen LogP contribution >= 0.6 is 11.6 Å². The zero-order chi connectivity index (χ0) is 14.5. The minimum atomic E-state index is 0.150. The second-order valence-corrected chi connectivity index (χ2v) is 5.05. The molecule has 0 radical (unpaired) electrons. The van der Waals surface area contributed by atoms with Crippen molar-refractivity contribution in [3.8, 4) is 5.69 Å². The average Bonchev–Trinajstić information content (AvgIpc) is 2.75. The highest BCUT2D eigenvalue weighted by Crippen LogP contribution is 2.24. The molecule has 0 aliphatic heterocycles. The Hall–Kier alpha value is -1.36. The van der Waals surface area contributed by atoms with Crippen LogP contribution < -0.4 is 0 Å². The zero-order valence-electron chi connectivity index (χ0n) is 11.9. The van der Waals surface area contributed by atoms with E-state index in [0.29, 0.717) is 18.2 Å². The van der Waals surface area contributed by atoms with Gasteiger partial charge in [-0.3, -0.25) is 4.90 Å². The van der Waals surface area contributed by atoms with E-state index in [-0.39, 0.29) is 6.61 Å². The number of hydrogen-bond donors (Lipinski definition) is 1. The average molecular weight is 294 g/mol. The Labute approximate surface area is 124 Å². The maximum atomic E-state index is 9.07. The van der Waals surface area contributed by atoms with Crippen molar-refractivity contribution in [1.29, 1.82) is 0 Å². The van der Waals surface area contributed by atoms with Gasteiger partial charge in [-0.2, -0.15) is 5.10 Å². The number of aliphatic hydroxyl groups excluding tert-OH is 1. The third-order valence-electron chi connectivity index (χ3n) is 3.37. The van der Waals surface area contributed by atoms with Crippen molar-refractivity contribution in [2.75, 3.05) is 19.7 Å². The highest BCUT2D eigenvalue weighted by molar-refractivity contribution is 6.30. The van der Waals surface area contributed by atoms with Crippen LogP contribution in [0.3, 0.4) is 0 Å². The van der Waals surface area contributed by atoms with Crippen molar-refractivity contribution in [3.05, 3.63) is 46.7 Å². The highest BCUT2D eigenvalue weighted by Gasteiger charge is 2.16. The van der Waals surface area contributed by atoms with Crippen LogP contribution in [-0.2, 0) is 6.54 Å². The van der Waals surface area contributed by atoms with Crippen LogP contribution in [0, 0.1) is 6.92 Å². The third-order valence-corrected chi connectivity index (χ3v) is 3.76. The summed E-state index contributed by atoms with van der Waals surface area (Å²) in [5.74, 6) is 0. The number of aliphatic hydroxyl groups is 1. The number of aromatic nitrogens is 2. The lowest BCUT2D eigenvalue weighted by molar-refractivity contribution is 0.196.